The molecule has 1 saturated heterocycles. The molecule has 1 aliphatic rings. The van der Waals surface area contributed by atoms with E-state index in [9.17, 15) is 9.18 Å². The van der Waals surface area contributed by atoms with Gasteiger partial charge in [-0.25, -0.2) is 9.37 Å². The standard InChI is InChI=1S/C16H15ClFN3O/c17-13-8-11(18)4-5-12(13)14-9-19-10-15(20-14)16(22)21-6-2-1-3-7-21/h4-5,8-10H,1-3,6-7H2. The Morgan fingerprint density at radius 2 is 1.95 bits per heavy atom. The fourth-order valence-corrected chi connectivity index (χ4v) is 2.82. The lowest BCUT2D eigenvalue weighted by Gasteiger charge is -2.26. The molecule has 22 heavy (non-hydrogen) atoms. The van der Waals surface area contributed by atoms with Crippen molar-refractivity contribution in [1.29, 1.82) is 0 Å². The Balaban J connectivity index is 1.90. The molecule has 0 aliphatic carbocycles. The second-order valence-corrected chi connectivity index (χ2v) is 5.67. The SMILES string of the molecule is O=C(c1cncc(-c2ccc(F)cc2Cl)n1)N1CCCCC1. The number of hydrogen-bond acceptors (Lipinski definition) is 3. The number of carbonyl (C=O) groups excluding carboxylic acids is 1. The van der Waals surface area contributed by atoms with E-state index in [0.29, 0.717) is 17.0 Å². The zero-order valence-corrected chi connectivity index (χ0v) is 12.7. The number of rotatable bonds is 2. The third-order valence-corrected chi connectivity index (χ3v) is 4.02. The van der Waals surface area contributed by atoms with Crippen LogP contribution in [0, 0.1) is 5.82 Å². The molecule has 4 nitrogen and oxygen atoms in total. The van der Waals surface area contributed by atoms with Gasteiger partial charge in [-0.1, -0.05) is 11.6 Å². The zero-order valence-electron chi connectivity index (χ0n) is 11.9. The third kappa shape index (κ3) is 3.09. The van der Waals surface area contributed by atoms with Crippen molar-refractivity contribution in [3.8, 4) is 11.3 Å². The van der Waals surface area contributed by atoms with Crippen molar-refractivity contribution >= 4 is 17.5 Å². The van der Waals surface area contributed by atoms with E-state index in [4.69, 9.17) is 11.6 Å². The average molecular weight is 320 g/mol. The van der Waals surface area contributed by atoms with Crippen LogP contribution < -0.4 is 0 Å². The average Bonchev–Trinajstić information content (AvgIpc) is 2.55. The minimum atomic E-state index is -0.415. The van der Waals surface area contributed by atoms with Gasteiger partial charge in [0.15, 0.2) is 0 Å². The van der Waals surface area contributed by atoms with Crippen molar-refractivity contribution in [1.82, 2.24) is 14.9 Å². The highest BCUT2D eigenvalue weighted by Gasteiger charge is 2.20. The molecule has 0 saturated carbocycles. The first-order valence-corrected chi connectivity index (χ1v) is 7.60. The van der Waals surface area contributed by atoms with Crippen LogP contribution >= 0.6 is 11.6 Å². The lowest BCUT2D eigenvalue weighted by Crippen LogP contribution is -2.36. The quantitative estimate of drug-likeness (QED) is 0.850. The number of benzene rings is 1. The van der Waals surface area contributed by atoms with Crippen LogP contribution in [-0.2, 0) is 0 Å². The fraction of sp³-hybridized carbons (Fsp3) is 0.312. The number of aromatic nitrogens is 2. The van der Waals surface area contributed by atoms with Crippen LogP contribution in [0.15, 0.2) is 30.6 Å². The predicted octanol–water partition coefficient (Wildman–Crippen LogP) is 3.56. The van der Waals surface area contributed by atoms with Gasteiger partial charge in [0.2, 0.25) is 0 Å². The molecule has 1 amide bonds. The molecule has 1 aromatic heterocycles. The van der Waals surface area contributed by atoms with Gasteiger partial charge in [0, 0.05) is 18.7 Å². The third-order valence-electron chi connectivity index (χ3n) is 3.70. The Kier molecular flexibility index (Phi) is 4.34. The van der Waals surface area contributed by atoms with Gasteiger partial charge in [0.1, 0.15) is 11.5 Å². The molecule has 0 radical (unpaired) electrons. The molecule has 2 heterocycles. The number of amides is 1. The molecule has 1 aliphatic heterocycles. The monoisotopic (exact) mass is 319 g/mol. The van der Waals surface area contributed by atoms with Crippen LogP contribution in [0.5, 0.6) is 0 Å². The van der Waals surface area contributed by atoms with E-state index >= 15 is 0 Å². The highest BCUT2D eigenvalue weighted by atomic mass is 35.5. The predicted molar refractivity (Wildman–Crippen MR) is 82.2 cm³/mol. The van der Waals surface area contributed by atoms with Crippen molar-refractivity contribution in [2.45, 2.75) is 19.3 Å². The van der Waals surface area contributed by atoms with Crippen molar-refractivity contribution in [3.05, 3.63) is 47.1 Å². The second kappa shape index (κ2) is 6.40. The number of nitrogens with zero attached hydrogens (tertiary/aromatic N) is 3. The first-order valence-electron chi connectivity index (χ1n) is 7.22. The molecule has 0 atom stereocenters. The summed E-state index contributed by atoms with van der Waals surface area (Å²) in [6.45, 7) is 1.50. The topological polar surface area (TPSA) is 46.1 Å². The smallest absolute Gasteiger partial charge is 0.274 e. The van der Waals surface area contributed by atoms with Gasteiger partial charge < -0.3 is 4.90 Å². The Bertz CT molecular complexity index is 702. The number of carbonyl (C=O) groups is 1. The summed E-state index contributed by atoms with van der Waals surface area (Å²) in [6, 6.07) is 4.07. The fourth-order valence-electron chi connectivity index (χ4n) is 2.55. The van der Waals surface area contributed by atoms with Crippen LogP contribution in [-0.4, -0.2) is 33.9 Å². The van der Waals surface area contributed by atoms with Crippen molar-refractivity contribution in [3.63, 3.8) is 0 Å². The lowest BCUT2D eigenvalue weighted by atomic mass is 10.1. The van der Waals surface area contributed by atoms with Gasteiger partial charge in [0.05, 0.1) is 23.1 Å². The highest BCUT2D eigenvalue weighted by Crippen LogP contribution is 2.27. The lowest BCUT2D eigenvalue weighted by molar-refractivity contribution is 0.0718. The Hall–Kier alpha value is -2.01. The molecular weight excluding hydrogens is 305 g/mol. The normalized spacial score (nSPS) is 14.9. The first-order chi connectivity index (χ1) is 10.6. The molecule has 0 bridgehead atoms. The van der Waals surface area contributed by atoms with Crippen LogP contribution in [0.3, 0.4) is 0 Å². The summed E-state index contributed by atoms with van der Waals surface area (Å²) in [6.07, 6.45) is 6.16. The number of likely N-dealkylation sites (tertiary alicyclic amines) is 1. The summed E-state index contributed by atoms with van der Waals surface area (Å²) < 4.78 is 13.1. The van der Waals surface area contributed by atoms with E-state index < -0.39 is 5.82 Å². The molecular formula is C16H15ClFN3O. The zero-order chi connectivity index (χ0) is 15.5. The minimum Gasteiger partial charge on any atom is -0.337 e. The molecule has 0 unspecified atom stereocenters. The molecule has 114 valence electrons. The summed E-state index contributed by atoms with van der Waals surface area (Å²) in [5.74, 6) is -0.533. The number of hydrogen-bond donors (Lipinski definition) is 0. The largest absolute Gasteiger partial charge is 0.337 e. The molecule has 6 heteroatoms. The van der Waals surface area contributed by atoms with Gasteiger partial charge >= 0.3 is 0 Å². The van der Waals surface area contributed by atoms with Gasteiger partial charge in [0.25, 0.3) is 5.91 Å². The molecule has 0 spiro atoms. The van der Waals surface area contributed by atoms with E-state index in [1.165, 1.54) is 30.6 Å². The highest BCUT2D eigenvalue weighted by molar-refractivity contribution is 6.33. The summed E-state index contributed by atoms with van der Waals surface area (Å²) in [5, 5.41) is 0.247. The molecule has 2 aromatic rings. The van der Waals surface area contributed by atoms with Crippen LogP contribution in [0.4, 0.5) is 4.39 Å². The van der Waals surface area contributed by atoms with Crippen molar-refractivity contribution in [2.75, 3.05) is 13.1 Å². The van der Waals surface area contributed by atoms with E-state index in [-0.39, 0.29) is 10.9 Å². The maximum absolute atomic E-state index is 13.1. The molecule has 1 fully saturated rings. The summed E-state index contributed by atoms with van der Waals surface area (Å²) in [7, 11) is 0. The van der Waals surface area contributed by atoms with Gasteiger partial charge in [-0.3, -0.25) is 9.78 Å². The number of piperidine rings is 1. The Labute approximate surface area is 133 Å². The Morgan fingerprint density at radius 1 is 1.18 bits per heavy atom. The minimum absolute atomic E-state index is 0.118. The molecule has 0 N–H and O–H groups in total. The first kappa shape index (κ1) is 14.9. The van der Waals surface area contributed by atoms with Crippen molar-refractivity contribution in [2.24, 2.45) is 0 Å². The molecule has 1 aromatic carbocycles. The summed E-state index contributed by atoms with van der Waals surface area (Å²) >= 11 is 6.04. The van der Waals surface area contributed by atoms with Crippen LogP contribution in [0.25, 0.3) is 11.3 Å². The summed E-state index contributed by atoms with van der Waals surface area (Å²) in [4.78, 5) is 22.7. The van der Waals surface area contributed by atoms with E-state index in [0.717, 1.165) is 32.4 Å². The van der Waals surface area contributed by atoms with Gasteiger partial charge in [-0.2, -0.15) is 0 Å². The van der Waals surface area contributed by atoms with E-state index in [2.05, 4.69) is 9.97 Å². The van der Waals surface area contributed by atoms with Crippen LogP contribution in [0.1, 0.15) is 29.8 Å². The van der Waals surface area contributed by atoms with Gasteiger partial charge in [-0.15, -0.1) is 0 Å². The second-order valence-electron chi connectivity index (χ2n) is 5.27. The van der Waals surface area contributed by atoms with Gasteiger partial charge in [-0.05, 0) is 37.5 Å². The Morgan fingerprint density at radius 3 is 2.68 bits per heavy atom. The van der Waals surface area contributed by atoms with Crippen LogP contribution in [0.2, 0.25) is 5.02 Å². The maximum Gasteiger partial charge on any atom is 0.274 e. The maximum atomic E-state index is 13.1. The summed E-state index contributed by atoms with van der Waals surface area (Å²) in [5.41, 5.74) is 1.32. The van der Waals surface area contributed by atoms with E-state index in [1.807, 2.05) is 0 Å². The van der Waals surface area contributed by atoms with E-state index in [1.54, 1.807) is 4.90 Å². The van der Waals surface area contributed by atoms with Crippen molar-refractivity contribution < 1.29 is 9.18 Å². The molecule has 3 rings (SSSR count). The number of halogens is 2.